The van der Waals surface area contributed by atoms with Crippen LogP contribution in [-0.4, -0.2) is 50.4 Å². The van der Waals surface area contributed by atoms with Crippen LogP contribution in [0.5, 0.6) is 0 Å². The first-order valence-corrected chi connectivity index (χ1v) is 6.63. The molecule has 9 heteroatoms. The molecule has 2 unspecified atom stereocenters. The van der Waals surface area contributed by atoms with E-state index in [0.717, 1.165) is 6.42 Å². The largest absolute Gasteiger partial charge is 0.415 e. The number of nitrogens with zero attached hydrogens (tertiary/aromatic N) is 4. The van der Waals surface area contributed by atoms with Crippen molar-refractivity contribution in [3.05, 3.63) is 12.2 Å². The summed E-state index contributed by atoms with van der Waals surface area (Å²) in [6.45, 7) is 1.16. The number of piperidine rings is 1. The minimum atomic E-state index is -4.78. The number of halogens is 3. The molecule has 1 aromatic heterocycles. The second kappa shape index (κ2) is 5.28. The third-order valence-corrected chi connectivity index (χ3v) is 3.85. The fourth-order valence-electron chi connectivity index (χ4n) is 2.48. The molecule has 1 saturated heterocycles. The fraction of sp³-hybridized carbons (Fsp3) is 0.750. The highest BCUT2D eigenvalue weighted by Gasteiger charge is 2.55. The second-order valence-corrected chi connectivity index (χ2v) is 5.59. The lowest BCUT2D eigenvalue weighted by molar-refractivity contribution is -0.194. The Morgan fingerprint density at radius 3 is 2.67 bits per heavy atom. The molecular weight excluding hydrogens is 287 g/mol. The summed E-state index contributed by atoms with van der Waals surface area (Å²) in [6.07, 6.45) is -1.89. The zero-order valence-electron chi connectivity index (χ0n) is 11.9. The summed E-state index contributed by atoms with van der Waals surface area (Å²) in [5.41, 5.74) is 2.35. The first-order chi connectivity index (χ1) is 9.64. The molecule has 0 bridgehead atoms. The average molecular weight is 305 g/mol. The summed E-state index contributed by atoms with van der Waals surface area (Å²) in [6, 6.07) is 0. The van der Waals surface area contributed by atoms with E-state index in [4.69, 9.17) is 5.73 Å². The Morgan fingerprint density at radius 2 is 2.14 bits per heavy atom. The molecule has 1 aliphatic rings. The maximum atomic E-state index is 12.9. The summed E-state index contributed by atoms with van der Waals surface area (Å²) >= 11 is 0. The maximum absolute atomic E-state index is 12.9. The van der Waals surface area contributed by atoms with Crippen molar-refractivity contribution in [2.24, 2.45) is 12.8 Å². The van der Waals surface area contributed by atoms with Crippen molar-refractivity contribution in [1.82, 2.24) is 19.7 Å². The molecule has 0 aliphatic carbocycles. The minimum Gasteiger partial charge on any atom is -0.340 e. The maximum Gasteiger partial charge on any atom is 0.415 e. The Bertz CT molecular complexity index is 525. The van der Waals surface area contributed by atoms with Gasteiger partial charge in [0.15, 0.2) is 5.54 Å². The highest BCUT2D eigenvalue weighted by atomic mass is 19.4. The number of carbonyl (C=O) groups is 1. The van der Waals surface area contributed by atoms with Gasteiger partial charge in [0.25, 0.3) is 5.91 Å². The quantitative estimate of drug-likeness (QED) is 0.877. The Kier molecular flexibility index (Phi) is 3.96. The van der Waals surface area contributed by atoms with Crippen molar-refractivity contribution >= 4 is 5.91 Å². The van der Waals surface area contributed by atoms with Crippen molar-refractivity contribution in [3.8, 4) is 0 Å². The average Bonchev–Trinajstić information content (AvgIpc) is 2.83. The van der Waals surface area contributed by atoms with E-state index in [9.17, 15) is 18.0 Å². The molecule has 21 heavy (non-hydrogen) atoms. The van der Waals surface area contributed by atoms with Gasteiger partial charge in [-0.15, -0.1) is 10.2 Å². The van der Waals surface area contributed by atoms with E-state index in [1.165, 1.54) is 11.2 Å². The molecule has 0 saturated carbocycles. The molecule has 2 heterocycles. The van der Waals surface area contributed by atoms with Crippen LogP contribution in [0.25, 0.3) is 0 Å². The predicted octanol–water partition coefficient (Wildman–Crippen LogP) is 0.801. The number of rotatable bonds is 2. The van der Waals surface area contributed by atoms with Crippen LogP contribution in [0.1, 0.15) is 31.5 Å². The number of aryl methyl sites for hydroxylation is 1. The van der Waals surface area contributed by atoms with Gasteiger partial charge in [0.2, 0.25) is 0 Å². The van der Waals surface area contributed by atoms with E-state index in [1.807, 2.05) is 0 Å². The van der Waals surface area contributed by atoms with Gasteiger partial charge in [0, 0.05) is 26.1 Å². The molecule has 0 radical (unpaired) electrons. The van der Waals surface area contributed by atoms with E-state index in [0.29, 0.717) is 19.2 Å². The summed E-state index contributed by atoms with van der Waals surface area (Å²) in [5, 5.41) is 7.73. The number of hydrogen-bond donors (Lipinski definition) is 1. The highest BCUT2D eigenvalue weighted by Crippen LogP contribution is 2.32. The molecule has 0 spiro atoms. The monoisotopic (exact) mass is 305 g/mol. The highest BCUT2D eigenvalue weighted by molar-refractivity contribution is 5.86. The molecule has 1 amide bonds. The molecule has 1 fully saturated rings. The van der Waals surface area contributed by atoms with Gasteiger partial charge in [-0.2, -0.15) is 13.2 Å². The van der Waals surface area contributed by atoms with E-state index in [1.54, 1.807) is 11.6 Å². The summed E-state index contributed by atoms with van der Waals surface area (Å²) < 4.78 is 40.3. The smallest absolute Gasteiger partial charge is 0.340 e. The van der Waals surface area contributed by atoms with Gasteiger partial charge in [-0.1, -0.05) is 0 Å². The third kappa shape index (κ3) is 2.87. The van der Waals surface area contributed by atoms with Crippen LogP contribution in [-0.2, 0) is 11.8 Å². The summed E-state index contributed by atoms with van der Waals surface area (Å²) in [7, 11) is 1.76. The van der Waals surface area contributed by atoms with Gasteiger partial charge in [-0.3, -0.25) is 4.79 Å². The zero-order valence-corrected chi connectivity index (χ0v) is 11.9. The fourth-order valence-corrected chi connectivity index (χ4v) is 2.48. The lowest BCUT2D eigenvalue weighted by Gasteiger charge is -2.37. The van der Waals surface area contributed by atoms with Gasteiger partial charge in [0.05, 0.1) is 0 Å². The van der Waals surface area contributed by atoms with Crippen LogP contribution in [0.4, 0.5) is 13.2 Å². The van der Waals surface area contributed by atoms with Gasteiger partial charge in [-0.05, 0) is 19.8 Å². The summed E-state index contributed by atoms with van der Waals surface area (Å²) in [5.74, 6) is -0.556. The molecular formula is C12H18F3N5O. The third-order valence-electron chi connectivity index (χ3n) is 3.85. The van der Waals surface area contributed by atoms with E-state index >= 15 is 0 Å². The molecule has 2 N–H and O–H groups in total. The van der Waals surface area contributed by atoms with Crippen LogP contribution in [0.2, 0.25) is 0 Å². The number of likely N-dealkylation sites (tertiary alicyclic amines) is 1. The van der Waals surface area contributed by atoms with Crippen LogP contribution in [0.3, 0.4) is 0 Å². The summed E-state index contributed by atoms with van der Waals surface area (Å²) in [4.78, 5) is 13.3. The number of carbonyl (C=O) groups excluding carboxylic acids is 1. The second-order valence-electron chi connectivity index (χ2n) is 5.59. The minimum absolute atomic E-state index is 0.126. The Hall–Kier alpha value is -1.64. The van der Waals surface area contributed by atoms with Crippen molar-refractivity contribution in [3.63, 3.8) is 0 Å². The Morgan fingerprint density at radius 1 is 1.48 bits per heavy atom. The topological polar surface area (TPSA) is 77.0 Å². The number of alkyl halides is 3. The molecule has 2 atom stereocenters. The number of amides is 1. The SMILES string of the molecule is Cn1cnnc1C1CCCN(C(=O)C(C)(N)C(F)(F)F)C1. The van der Waals surface area contributed by atoms with Crippen LogP contribution in [0.15, 0.2) is 6.33 Å². The molecule has 6 nitrogen and oxygen atoms in total. The van der Waals surface area contributed by atoms with Crippen molar-refractivity contribution in [2.45, 2.75) is 37.4 Å². The molecule has 2 rings (SSSR count). The van der Waals surface area contributed by atoms with Crippen LogP contribution in [0, 0.1) is 0 Å². The van der Waals surface area contributed by atoms with Crippen LogP contribution >= 0.6 is 0 Å². The van der Waals surface area contributed by atoms with Crippen LogP contribution < -0.4 is 5.73 Å². The van der Waals surface area contributed by atoms with E-state index in [-0.39, 0.29) is 19.0 Å². The molecule has 118 valence electrons. The van der Waals surface area contributed by atoms with E-state index < -0.39 is 17.6 Å². The number of nitrogens with two attached hydrogens (primary N) is 1. The Labute approximate surface area is 120 Å². The lowest BCUT2D eigenvalue weighted by atomic mass is 9.94. The predicted molar refractivity (Wildman–Crippen MR) is 68.2 cm³/mol. The number of hydrogen-bond acceptors (Lipinski definition) is 4. The van der Waals surface area contributed by atoms with Crippen molar-refractivity contribution < 1.29 is 18.0 Å². The molecule has 0 aromatic carbocycles. The number of aromatic nitrogens is 3. The zero-order chi connectivity index (χ0) is 15.8. The van der Waals surface area contributed by atoms with E-state index in [2.05, 4.69) is 10.2 Å². The van der Waals surface area contributed by atoms with Gasteiger partial charge < -0.3 is 15.2 Å². The van der Waals surface area contributed by atoms with Gasteiger partial charge in [0.1, 0.15) is 12.2 Å². The standard InChI is InChI=1S/C12H18F3N5O/c1-11(16,12(13,14)15)10(21)20-5-3-4-8(6-20)9-18-17-7-19(9)2/h7-8H,3-6,16H2,1-2H3. The normalized spacial score (nSPS) is 23.0. The molecule has 1 aliphatic heterocycles. The molecule has 1 aromatic rings. The van der Waals surface area contributed by atoms with Gasteiger partial charge in [-0.25, -0.2) is 0 Å². The first-order valence-electron chi connectivity index (χ1n) is 6.63. The first kappa shape index (κ1) is 15.7. The van der Waals surface area contributed by atoms with Crippen molar-refractivity contribution in [1.29, 1.82) is 0 Å². The van der Waals surface area contributed by atoms with Crippen molar-refractivity contribution in [2.75, 3.05) is 13.1 Å². The Balaban J connectivity index is 2.15. The lowest BCUT2D eigenvalue weighted by Crippen LogP contribution is -2.63. The van der Waals surface area contributed by atoms with Gasteiger partial charge >= 0.3 is 6.18 Å².